The fourth-order valence-corrected chi connectivity index (χ4v) is 3.43. The lowest BCUT2D eigenvalue weighted by atomic mass is 9.77. The van der Waals surface area contributed by atoms with Crippen molar-refractivity contribution in [1.82, 2.24) is 9.97 Å². The summed E-state index contributed by atoms with van der Waals surface area (Å²) in [7, 11) is 0. The summed E-state index contributed by atoms with van der Waals surface area (Å²) in [5.74, 6) is -0.748. The Bertz CT molecular complexity index is 821. The number of aromatic hydroxyl groups is 2. The van der Waals surface area contributed by atoms with Crippen LogP contribution < -0.4 is 11.1 Å². The van der Waals surface area contributed by atoms with Gasteiger partial charge in [0.05, 0.1) is 5.56 Å². The van der Waals surface area contributed by atoms with E-state index in [0.717, 1.165) is 18.9 Å². The highest BCUT2D eigenvalue weighted by atomic mass is 16.3. The van der Waals surface area contributed by atoms with Gasteiger partial charge in [0.2, 0.25) is 0 Å². The van der Waals surface area contributed by atoms with Crippen LogP contribution in [0.5, 0.6) is 11.5 Å². The van der Waals surface area contributed by atoms with Gasteiger partial charge in [-0.05, 0) is 25.8 Å². The van der Waals surface area contributed by atoms with E-state index in [2.05, 4.69) is 9.97 Å². The molecule has 2 aromatic rings. The van der Waals surface area contributed by atoms with Crippen molar-refractivity contribution in [3.8, 4) is 11.5 Å². The molecule has 0 saturated heterocycles. The number of hydrogen-bond acceptors (Lipinski definition) is 4. The first kappa shape index (κ1) is 17.8. The summed E-state index contributed by atoms with van der Waals surface area (Å²) in [6.07, 6.45) is 1.51. The molecule has 0 radical (unpaired) electrons. The van der Waals surface area contributed by atoms with Crippen LogP contribution in [0.4, 0.5) is 0 Å². The molecule has 0 aromatic carbocycles. The predicted molar refractivity (Wildman–Crippen MR) is 92.8 cm³/mol. The van der Waals surface area contributed by atoms with Crippen molar-refractivity contribution in [2.24, 2.45) is 5.92 Å². The molecule has 130 valence electrons. The zero-order valence-electron chi connectivity index (χ0n) is 14.4. The molecular weight excluding hydrogens is 308 g/mol. The Labute approximate surface area is 140 Å². The fourth-order valence-electron chi connectivity index (χ4n) is 3.43. The van der Waals surface area contributed by atoms with Crippen LogP contribution in [0.25, 0.3) is 0 Å². The molecule has 0 fully saturated rings. The van der Waals surface area contributed by atoms with E-state index in [-0.39, 0.29) is 28.5 Å². The van der Waals surface area contributed by atoms with Gasteiger partial charge >= 0.3 is 0 Å². The van der Waals surface area contributed by atoms with Crippen LogP contribution in [-0.4, -0.2) is 20.2 Å². The first-order valence-corrected chi connectivity index (χ1v) is 8.15. The van der Waals surface area contributed by atoms with Gasteiger partial charge in [0.15, 0.2) is 0 Å². The minimum Gasteiger partial charge on any atom is -0.507 e. The van der Waals surface area contributed by atoms with E-state index < -0.39 is 11.5 Å². The number of H-pyrrole nitrogens is 2. The number of hydrogen-bond donors (Lipinski definition) is 4. The van der Waals surface area contributed by atoms with E-state index in [0.29, 0.717) is 17.0 Å². The Morgan fingerprint density at radius 3 is 2.04 bits per heavy atom. The highest BCUT2D eigenvalue weighted by Gasteiger charge is 2.31. The molecule has 2 heterocycles. The van der Waals surface area contributed by atoms with E-state index in [1.165, 1.54) is 6.07 Å². The Kier molecular flexibility index (Phi) is 5.17. The predicted octanol–water partition coefficient (Wildman–Crippen LogP) is 2.66. The molecule has 2 rings (SSSR count). The maximum Gasteiger partial charge on any atom is 0.255 e. The molecule has 0 bridgehead atoms. The van der Waals surface area contributed by atoms with Gasteiger partial charge in [-0.15, -0.1) is 0 Å². The number of aryl methyl sites for hydroxylation is 2. The smallest absolute Gasteiger partial charge is 0.255 e. The van der Waals surface area contributed by atoms with Gasteiger partial charge < -0.3 is 20.2 Å². The van der Waals surface area contributed by atoms with Crippen molar-refractivity contribution in [2.75, 3.05) is 0 Å². The lowest BCUT2D eigenvalue weighted by molar-refractivity contribution is 0.391. The molecule has 2 aromatic heterocycles. The second kappa shape index (κ2) is 6.95. The summed E-state index contributed by atoms with van der Waals surface area (Å²) >= 11 is 0. The first-order valence-electron chi connectivity index (χ1n) is 8.15. The summed E-state index contributed by atoms with van der Waals surface area (Å²) in [5.41, 5.74) is 0.976. The zero-order valence-corrected chi connectivity index (χ0v) is 14.4. The minimum absolute atomic E-state index is 0.0233. The van der Waals surface area contributed by atoms with Gasteiger partial charge in [0.25, 0.3) is 11.1 Å². The maximum absolute atomic E-state index is 12.5. The summed E-state index contributed by atoms with van der Waals surface area (Å²) < 4.78 is 0. The Morgan fingerprint density at radius 2 is 1.54 bits per heavy atom. The molecule has 0 amide bonds. The molecule has 0 spiro atoms. The molecule has 0 aliphatic carbocycles. The molecular formula is C18H24N2O4. The van der Waals surface area contributed by atoms with E-state index >= 15 is 0 Å². The van der Waals surface area contributed by atoms with Crippen molar-refractivity contribution in [1.29, 1.82) is 0 Å². The van der Waals surface area contributed by atoms with E-state index in [1.54, 1.807) is 13.8 Å². The van der Waals surface area contributed by atoms with Crippen molar-refractivity contribution < 1.29 is 10.2 Å². The summed E-state index contributed by atoms with van der Waals surface area (Å²) in [5, 5.41) is 20.8. The van der Waals surface area contributed by atoms with Crippen molar-refractivity contribution in [2.45, 2.75) is 46.5 Å². The standard InChI is InChI=1S/C18H24N2O4/c1-5-11(6-2)16(15-10(4)20-14(23)8-13(15)22)17-12(21)7-9(3)19-18(17)24/h7-8,11,16H,5-6H2,1-4H3,(H2,19,21,24)(H2,20,22,23). The molecule has 24 heavy (non-hydrogen) atoms. The number of nitrogens with one attached hydrogen (secondary N) is 2. The lowest BCUT2D eigenvalue weighted by Gasteiger charge is -2.28. The summed E-state index contributed by atoms with van der Waals surface area (Å²) in [6.45, 7) is 7.38. The average Bonchev–Trinajstić information content (AvgIpc) is 2.45. The van der Waals surface area contributed by atoms with Gasteiger partial charge in [-0.2, -0.15) is 0 Å². The van der Waals surface area contributed by atoms with Gasteiger partial charge in [-0.3, -0.25) is 9.59 Å². The van der Waals surface area contributed by atoms with Gasteiger partial charge in [-0.1, -0.05) is 26.7 Å². The second-order valence-corrected chi connectivity index (χ2v) is 6.19. The van der Waals surface area contributed by atoms with Crippen molar-refractivity contribution >= 4 is 0 Å². The highest BCUT2D eigenvalue weighted by molar-refractivity contribution is 5.47. The van der Waals surface area contributed by atoms with Crippen molar-refractivity contribution in [3.63, 3.8) is 0 Å². The van der Waals surface area contributed by atoms with Crippen LogP contribution in [0.15, 0.2) is 21.7 Å². The molecule has 6 nitrogen and oxygen atoms in total. The molecule has 1 atom stereocenters. The Morgan fingerprint density at radius 1 is 0.958 bits per heavy atom. The molecule has 1 unspecified atom stereocenters. The third kappa shape index (κ3) is 3.22. The number of aromatic amines is 2. The monoisotopic (exact) mass is 332 g/mol. The Hall–Kier alpha value is -2.50. The normalized spacial score (nSPS) is 12.5. The number of rotatable bonds is 5. The van der Waals surface area contributed by atoms with E-state index in [9.17, 15) is 19.8 Å². The molecule has 0 saturated carbocycles. The summed E-state index contributed by atoms with van der Waals surface area (Å²) in [4.78, 5) is 29.5. The molecule has 0 aliphatic rings. The third-order valence-electron chi connectivity index (χ3n) is 4.59. The third-order valence-corrected chi connectivity index (χ3v) is 4.59. The van der Waals surface area contributed by atoms with Gasteiger partial charge in [0, 0.05) is 28.9 Å². The molecule has 6 heteroatoms. The van der Waals surface area contributed by atoms with Crippen LogP contribution in [0.1, 0.15) is 55.1 Å². The second-order valence-electron chi connectivity index (χ2n) is 6.19. The van der Waals surface area contributed by atoms with Gasteiger partial charge in [0.1, 0.15) is 11.5 Å². The lowest BCUT2D eigenvalue weighted by Crippen LogP contribution is -2.25. The Balaban J connectivity index is 2.82. The fraction of sp³-hybridized carbons (Fsp3) is 0.444. The first-order chi connectivity index (χ1) is 11.3. The topological polar surface area (TPSA) is 106 Å². The number of aromatic nitrogens is 2. The van der Waals surface area contributed by atoms with Crippen LogP contribution in [0, 0.1) is 19.8 Å². The van der Waals surface area contributed by atoms with E-state index in [4.69, 9.17) is 0 Å². The maximum atomic E-state index is 12.5. The zero-order chi connectivity index (χ0) is 18.0. The molecule has 4 N–H and O–H groups in total. The SMILES string of the molecule is CCC(CC)C(c1c(O)cc(=O)[nH]c1C)c1c(O)cc(C)[nH]c1=O. The van der Waals surface area contributed by atoms with Crippen LogP contribution >= 0.6 is 0 Å². The number of pyridine rings is 2. The average molecular weight is 332 g/mol. The van der Waals surface area contributed by atoms with Crippen LogP contribution in [-0.2, 0) is 0 Å². The minimum atomic E-state index is -0.513. The molecule has 0 aliphatic heterocycles. The largest absolute Gasteiger partial charge is 0.507 e. The quantitative estimate of drug-likeness (QED) is 0.675. The van der Waals surface area contributed by atoms with E-state index in [1.807, 2.05) is 13.8 Å². The van der Waals surface area contributed by atoms with Crippen molar-refractivity contribution in [3.05, 3.63) is 55.4 Å². The van der Waals surface area contributed by atoms with Crippen LogP contribution in [0.2, 0.25) is 0 Å². The van der Waals surface area contributed by atoms with Crippen LogP contribution in [0.3, 0.4) is 0 Å². The summed E-state index contributed by atoms with van der Waals surface area (Å²) in [6, 6.07) is 2.61. The highest BCUT2D eigenvalue weighted by Crippen LogP contribution is 2.42. The van der Waals surface area contributed by atoms with Gasteiger partial charge in [-0.25, -0.2) is 0 Å².